The molecule has 2 aromatic carbocycles. The predicted octanol–water partition coefficient (Wildman–Crippen LogP) is 5.35. The second kappa shape index (κ2) is 9.34. The summed E-state index contributed by atoms with van der Waals surface area (Å²) in [4.78, 5) is 15.2. The van der Waals surface area contributed by atoms with Gasteiger partial charge in [-0.15, -0.1) is 0 Å². The number of ether oxygens (including phenoxy) is 2. The Labute approximate surface area is 173 Å². The Morgan fingerprint density at radius 3 is 2.38 bits per heavy atom. The molecule has 0 unspecified atom stereocenters. The molecule has 154 valence electrons. The average molecular weight is 394 g/mol. The lowest BCUT2D eigenvalue weighted by molar-refractivity contribution is -0.136. The molecule has 2 aliphatic rings. The summed E-state index contributed by atoms with van der Waals surface area (Å²) in [5.74, 6) is 2.06. The highest BCUT2D eigenvalue weighted by atomic mass is 16.5. The van der Waals surface area contributed by atoms with E-state index in [1.165, 1.54) is 19.3 Å². The number of carbonyl (C=O) groups excluding carboxylic acids is 1. The lowest BCUT2D eigenvalue weighted by Gasteiger charge is -2.35. The maximum Gasteiger partial charge on any atom is 0.226 e. The van der Waals surface area contributed by atoms with E-state index < -0.39 is 0 Å². The van der Waals surface area contributed by atoms with Gasteiger partial charge in [0.05, 0.1) is 7.11 Å². The number of benzene rings is 2. The third kappa shape index (κ3) is 5.11. The van der Waals surface area contributed by atoms with Crippen molar-refractivity contribution in [2.75, 3.05) is 7.11 Å². The molecule has 2 aliphatic carbocycles. The summed E-state index contributed by atoms with van der Waals surface area (Å²) in [6, 6.07) is 16.6. The van der Waals surface area contributed by atoms with Gasteiger partial charge in [-0.3, -0.25) is 4.79 Å². The Bertz CT molecular complexity index is 810. The summed E-state index contributed by atoms with van der Waals surface area (Å²) in [6.07, 6.45) is 8.12. The zero-order valence-corrected chi connectivity index (χ0v) is 17.3. The lowest BCUT2D eigenvalue weighted by Crippen LogP contribution is -2.41. The van der Waals surface area contributed by atoms with Gasteiger partial charge in [0.2, 0.25) is 5.91 Å². The highest BCUT2D eigenvalue weighted by Crippen LogP contribution is 2.36. The van der Waals surface area contributed by atoms with Crippen LogP contribution in [0.15, 0.2) is 48.5 Å². The van der Waals surface area contributed by atoms with Crippen LogP contribution in [0.1, 0.15) is 56.1 Å². The third-order valence-corrected chi connectivity index (χ3v) is 6.04. The summed E-state index contributed by atoms with van der Waals surface area (Å²) in [6.45, 7) is 1.15. The lowest BCUT2D eigenvalue weighted by atomic mass is 9.93. The number of rotatable bonds is 8. The molecule has 0 bridgehead atoms. The highest BCUT2D eigenvalue weighted by molar-refractivity contribution is 5.81. The molecular weight excluding hydrogens is 362 g/mol. The SMILES string of the molecule is COc1ccc(CN(C(=O)C2CC2)C2CCCCC2)cc1OCc1ccccc1. The predicted molar refractivity (Wildman–Crippen MR) is 114 cm³/mol. The van der Waals surface area contributed by atoms with Crippen molar-refractivity contribution in [3.63, 3.8) is 0 Å². The van der Waals surface area contributed by atoms with Gasteiger partial charge in [-0.25, -0.2) is 0 Å². The van der Waals surface area contributed by atoms with Crippen molar-refractivity contribution in [2.24, 2.45) is 5.92 Å². The minimum absolute atomic E-state index is 0.254. The fourth-order valence-electron chi connectivity index (χ4n) is 4.21. The Morgan fingerprint density at radius 2 is 1.69 bits per heavy atom. The largest absolute Gasteiger partial charge is 0.493 e. The van der Waals surface area contributed by atoms with Crippen LogP contribution in [0, 0.1) is 5.92 Å². The van der Waals surface area contributed by atoms with Gasteiger partial charge in [-0.1, -0.05) is 55.7 Å². The van der Waals surface area contributed by atoms with Gasteiger partial charge in [0, 0.05) is 18.5 Å². The molecule has 4 heteroatoms. The standard InChI is InChI=1S/C25H31NO3/c1-28-23-15-12-20(16-24(23)29-18-19-8-4-2-5-9-19)17-26(25(27)21-13-14-21)22-10-6-3-7-11-22/h2,4-5,8-9,12,15-16,21-22H,3,6-7,10-11,13-14,17-18H2,1H3. The van der Waals surface area contributed by atoms with E-state index in [2.05, 4.69) is 23.1 Å². The molecule has 4 nitrogen and oxygen atoms in total. The first kappa shape index (κ1) is 19.8. The summed E-state index contributed by atoms with van der Waals surface area (Å²) in [5, 5.41) is 0. The van der Waals surface area contributed by atoms with E-state index in [9.17, 15) is 4.79 Å². The van der Waals surface area contributed by atoms with E-state index in [4.69, 9.17) is 9.47 Å². The van der Waals surface area contributed by atoms with E-state index in [1.54, 1.807) is 7.11 Å². The summed E-state index contributed by atoms with van der Waals surface area (Å²) >= 11 is 0. The van der Waals surface area contributed by atoms with Gasteiger partial charge in [0.15, 0.2) is 11.5 Å². The molecule has 2 fully saturated rings. The van der Waals surface area contributed by atoms with Crippen LogP contribution in [-0.4, -0.2) is 24.0 Å². The molecule has 4 rings (SSSR count). The molecule has 0 radical (unpaired) electrons. The zero-order valence-electron chi connectivity index (χ0n) is 17.3. The topological polar surface area (TPSA) is 38.8 Å². The summed E-state index contributed by atoms with van der Waals surface area (Å²) < 4.78 is 11.6. The number of methoxy groups -OCH3 is 1. The monoisotopic (exact) mass is 393 g/mol. The van der Waals surface area contributed by atoms with Crippen LogP contribution >= 0.6 is 0 Å². The van der Waals surface area contributed by atoms with Crippen LogP contribution in [-0.2, 0) is 17.9 Å². The normalized spacial score (nSPS) is 17.0. The number of amides is 1. The Hall–Kier alpha value is -2.49. The molecule has 0 aromatic heterocycles. The molecule has 0 heterocycles. The van der Waals surface area contributed by atoms with Crippen molar-refractivity contribution in [1.29, 1.82) is 0 Å². The van der Waals surface area contributed by atoms with Crippen LogP contribution < -0.4 is 9.47 Å². The summed E-state index contributed by atoms with van der Waals surface area (Å²) in [7, 11) is 1.66. The van der Waals surface area contributed by atoms with Crippen molar-refractivity contribution >= 4 is 5.91 Å². The minimum Gasteiger partial charge on any atom is -0.493 e. The van der Waals surface area contributed by atoms with E-state index in [-0.39, 0.29) is 5.92 Å². The van der Waals surface area contributed by atoms with E-state index in [0.29, 0.717) is 25.1 Å². The van der Waals surface area contributed by atoms with Crippen LogP contribution in [0.5, 0.6) is 11.5 Å². The minimum atomic E-state index is 0.254. The Balaban J connectivity index is 1.50. The molecule has 0 spiro atoms. The van der Waals surface area contributed by atoms with Gasteiger partial charge in [0.1, 0.15) is 6.61 Å². The van der Waals surface area contributed by atoms with Crippen LogP contribution in [0.2, 0.25) is 0 Å². The van der Waals surface area contributed by atoms with Gasteiger partial charge >= 0.3 is 0 Å². The van der Waals surface area contributed by atoms with Gasteiger partial charge in [-0.2, -0.15) is 0 Å². The molecule has 0 saturated heterocycles. The third-order valence-electron chi connectivity index (χ3n) is 6.04. The fourth-order valence-corrected chi connectivity index (χ4v) is 4.21. The molecular formula is C25H31NO3. The van der Waals surface area contributed by atoms with Crippen molar-refractivity contribution in [2.45, 2.75) is 64.1 Å². The molecule has 2 aromatic rings. The molecule has 0 atom stereocenters. The zero-order chi connectivity index (χ0) is 20.1. The Kier molecular flexibility index (Phi) is 6.38. The Morgan fingerprint density at radius 1 is 0.931 bits per heavy atom. The van der Waals surface area contributed by atoms with E-state index >= 15 is 0 Å². The van der Waals surface area contributed by atoms with Gasteiger partial charge in [0.25, 0.3) is 0 Å². The van der Waals surface area contributed by atoms with Crippen molar-refractivity contribution in [1.82, 2.24) is 4.90 Å². The number of hydrogen-bond donors (Lipinski definition) is 0. The second-order valence-corrected chi connectivity index (χ2v) is 8.29. The number of nitrogens with zero attached hydrogens (tertiary/aromatic N) is 1. The van der Waals surface area contributed by atoms with E-state index in [1.807, 2.05) is 30.3 Å². The molecule has 1 amide bonds. The fraction of sp³-hybridized carbons (Fsp3) is 0.480. The summed E-state index contributed by atoms with van der Waals surface area (Å²) in [5.41, 5.74) is 2.22. The average Bonchev–Trinajstić information content (AvgIpc) is 3.62. The quantitative estimate of drug-likeness (QED) is 0.607. The van der Waals surface area contributed by atoms with Crippen LogP contribution in [0.3, 0.4) is 0 Å². The molecule has 2 saturated carbocycles. The number of hydrogen-bond acceptors (Lipinski definition) is 3. The first-order chi connectivity index (χ1) is 14.2. The van der Waals surface area contributed by atoms with Crippen molar-refractivity contribution in [3.8, 4) is 11.5 Å². The first-order valence-corrected chi connectivity index (χ1v) is 10.9. The van der Waals surface area contributed by atoms with Crippen molar-refractivity contribution < 1.29 is 14.3 Å². The van der Waals surface area contributed by atoms with Crippen LogP contribution in [0.25, 0.3) is 0 Å². The molecule has 29 heavy (non-hydrogen) atoms. The number of carbonyl (C=O) groups is 1. The maximum atomic E-state index is 13.0. The van der Waals surface area contributed by atoms with E-state index in [0.717, 1.165) is 48.3 Å². The molecule has 0 aliphatic heterocycles. The first-order valence-electron chi connectivity index (χ1n) is 10.9. The van der Waals surface area contributed by atoms with Gasteiger partial charge < -0.3 is 14.4 Å². The second-order valence-electron chi connectivity index (χ2n) is 8.29. The molecule has 0 N–H and O–H groups in total. The maximum absolute atomic E-state index is 13.0. The van der Waals surface area contributed by atoms with Gasteiger partial charge in [-0.05, 0) is 48.9 Å². The van der Waals surface area contributed by atoms with Crippen LogP contribution in [0.4, 0.5) is 0 Å². The smallest absolute Gasteiger partial charge is 0.226 e. The highest BCUT2D eigenvalue weighted by Gasteiger charge is 2.36. The van der Waals surface area contributed by atoms with Crippen molar-refractivity contribution in [3.05, 3.63) is 59.7 Å².